The third-order valence-electron chi connectivity index (χ3n) is 4.67. The monoisotopic (exact) mass is 415 g/mol. The first-order chi connectivity index (χ1) is 12.9. The van der Waals surface area contributed by atoms with E-state index in [4.69, 9.17) is 0 Å². The fourth-order valence-electron chi connectivity index (χ4n) is 3.03. The number of sulfonamides is 1. The predicted octanol–water partition coefficient (Wildman–Crippen LogP) is 1.93. The van der Waals surface area contributed by atoms with E-state index in [1.54, 1.807) is 27.2 Å². The van der Waals surface area contributed by atoms with E-state index in [1.165, 1.54) is 54.4 Å². The molecule has 7 nitrogen and oxygen atoms in total. The summed E-state index contributed by atoms with van der Waals surface area (Å²) >= 11 is 1.29. The maximum atomic E-state index is 12.1. The van der Waals surface area contributed by atoms with Crippen molar-refractivity contribution in [2.45, 2.75) is 42.9 Å². The third-order valence-corrected chi connectivity index (χ3v) is 8.04. The van der Waals surface area contributed by atoms with Crippen LogP contribution in [-0.4, -0.2) is 70.9 Å². The molecule has 1 aromatic rings. The predicted molar refractivity (Wildman–Crippen MR) is 113 cm³/mol. The molecule has 27 heavy (non-hydrogen) atoms. The Morgan fingerprint density at radius 1 is 1.19 bits per heavy atom. The molecule has 154 valence electrons. The van der Waals surface area contributed by atoms with Crippen molar-refractivity contribution in [2.75, 3.05) is 47.3 Å². The Hall–Kier alpha value is -1.16. The van der Waals surface area contributed by atoms with Crippen molar-refractivity contribution in [1.29, 1.82) is 0 Å². The van der Waals surface area contributed by atoms with Gasteiger partial charge in [0.1, 0.15) is 4.21 Å². The normalized spacial score (nSPS) is 17.1. The molecule has 1 aliphatic heterocycles. The molecule has 1 aromatic heterocycles. The van der Waals surface area contributed by atoms with Gasteiger partial charge in [0, 0.05) is 32.6 Å². The van der Waals surface area contributed by atoms with Gasteiger partial charge in [0.15, 0.2) is 5.96 Å². The molecule has 9 heteroatoms. The van der Waals surface area contributed by atoms with Crippen molar-refractivity contribution in [3.8, 4) is 0 Å². The van der Waals surface area contributed by atoms with Crippen LogP contribution in [0.1, 0.15) is 37.0 Å². The average Bonchev–Trinajstić information content (AvgIpc) is 2.98. The van der Waals surface area contributed by atoms with Gasteiger partial charge in [-0.15, -0.1) is 11.3 Å². The summed E-state index contributed by atoms with van der Waals surface area (Å²) in [6.45, 7) is 5.01. The van der Waals surface area contributed by atoms with Crippen molar-refractivity contribution in [3.05, 3.63) is 17.0 Å². The van der Waals surface area contributed by atoms with Crippen molar-refractivity contribution in [2.24, 2.45) is 4.99 Å². The minimum absolute atomic E-state index is 0.365. The van der Waals surface area contributed by atoms with Crippen LogP contribution >= 0.6 is 11.3 Å². The highest BCUT2D eigenvalue weighted by Crippen LogP contribution is 2.23. The first-order valence-electron chi connectivity index (χ1n) is 9.61. The molecule has 2 heterocycles. The van der Waals surface area contributed by atoms with E-state index in [-0.39, 0.29) is 0 Å². The first-order valence-corrected chi connectivity index (χ1v) is 11.9. The summed E-state index contributed by atoms with van der Waals surface area (Å²) in [6, 6.07) is 3.51. The minimum Gasteiger partial charge on any atom is -0.356 e. The average molecular weight is 416 g/mol. The molecular weight excluding hydrogens is 382 g/mol. The number of hydrogen-bond donors (Lipinski definition) is 2. The maximum Gasteiger partial charge on any atom is 0.252 e. The molecule has 0 aliphatic carbocycles. The Bertz CT molecular complexity index is 692. The number of aliphatic imine (C=N–C) groups is 1. The van der Waals surface area contributed by atoms with Crippen LogP contribution in [0.4, 0.5) is 0 Å². The van der Waals surface area contributed by atoms with E-state index in [0.29, 0.717) is 10.8 Å². The molecule has 2 N–H and O–H groups in total. The molecule has 1 aliphatic rings. The van der Waals surface area contributed by atoms with Crippen molar-refractivity contribution in [3.63, 3.8) is 0 Å². The molecule has 1 saturated heterocycles. The number of hydrogen-bond acceptors (Lipinski definition) is 5. The summed E-state index contributed by atoms with van der Waals surface area (Å²) in [5.74, 6) is 0.747. The first kappa shape index (κ1) is 22.1. The molecule has 0 bridgehead atoms. The minimum atomic E-state index is -3.36. The van der Waals surface area contributed by atoms with E-state index >= 15 is 0 Å². The standard InChI is InChI=1S/C18H33N5O2S2/c1-19-18(20-11-8-14-23-12-6-4-5-7-13-23)21-15-16-9-10-17(26-16)27(24,25)22(2)3/h9-10H,4-8,11-15H2,1-3H3,(H2,19,20,21). The van der Waals surface area contributed by atoms with E-state index < -0.39 is 10.0 Å². The second kappa shape index (κ2) is 11.0. The van der Waals surface area contributed by atoms with Crippen LogP contribution in [-0.2, 0) is 16.6 Å². The van der Waals surface area contributed by atoms with Gasteiger partial charge >= 0.3 is 0 Å². The quantitative estimate of drug-likeness (QED) is 0.385. The summed E-state index contributed by atoms with van der Waals surface area (Å²) in [4.78, 5) is 7.77. The summed E-state index contributed by atoms with van der Waals surface area (Å²) < 4.78 is 25.9. The molecule has 0 atom stereocenters. The third kappa shape index (κ3) is 7.06. The molecule has 0 amide bonds. The van der Waals surface area contributed by atoms with Gasteiger partial charge < -0.3 is 15.5 Å². The maximum absolute atomic E-state index is 12.1. The van der Waals surface area contributed by atoms with Gasteiger partial charge in [-0.25, -0.2) is 12.7 Å². The zero-order valence-electron chi connectivity index (χ0n) is 16.7. The lowest BCUT2D eigenvalue weighted by atomic mass is 10.2. The molecule has 0 unspecified atom stereocenters. The van der Waals surface area contributed by atoms with Crippen LogP contribution in [0.15, 0.2) is 21.3 Å². The highest BCUT2D eigenvalue weighted by Gasteiger charge is 2.19. The number of nitrogens with one attached hydrogen (secondary N) is 2. The lowest BCUT2D eigenvalue weighted by Gasteiger charge is -2.20. The van der Waals surface area contributed by atoms with Gasteiger partial charge in [0.25, 0.3) is 10.0 Å². The molecule has 0 saturated carbocycles. The SMILES string of the molecule is CN=C(NCCCN1CCCCCC1)NCc1ccc(S(=O)(=O)N(C)C)s1. The topological polar surface area (TPSA) is 77.0 Å². The lowest BCUT2D eigenvalue weighted by Crippen LogP contribution is -2.38. The fourth-order valence-corrected chi connectivity index (χ4v) is 5.50. The van der Waals surface area contributed by atoms with Crippen molar-refractivity contribution < 1.29 is 8.42 Å². The largest absolute Gasteiger partial charge is 0.356 e. The fraction of sp³-hybridized carbons (Fsp3) is 0.722. The molecule has 2 rings (SSSR count). The summed E-state index contributed by atoms with van der Waals surface area (Å²) in [7, 11) is 1.48. The second-order valence-electron chi connectivity index (χ2n) is 6.97. The van der Waals surface area contributed by atoms with E-state index in [2.05, 4.69) is 20.5 Å². The van der Waals surface area contributed by atoms with Gasteiger partial charge in [0.2, 0.25) is 0 Å². The smallest absolute Gasteiger partial charge is 0.252 e. The van der Waals surface area contributed by atoms with Crippen LogP contribution in [0.25, 0.3) is 0 Å². The Morgan fingerprint density at radius 2 is 1.89 bits per heavy atom. The Labute approximate surface area is 167 Å². The van der Waals surface area contributed by atoms with Crippen LogP contribution in [0, 0.1) is 0 Å². The Balaban J connectivity index is 1.72. The van der Waals surface area contributed by atoms with Crippen molar-refractivity contribution >= 4 is 27.3 Å². The Morgan fingerprint density at radius 3 is 2.52 bits per heavy atom. The number of rotatable bonds is 8. The molecule has 0 radical (unpaired) electrons. The summed E-state index contributed by atoms with van der Waals surface area (Å²) in [5, 5.41) is 6.60. The van der Waals surface area contributed by atoms with Gasteiger partial charge in [-0.05, 0) is 51.0 Å². The van der Waals surface area contributed by atoms with Crippen LogP contribution in [0.2, 0.25) is 0 Å². The molecule has 0 spiro atoms. The van der Waals surface area contributed by atoms with Crippen LogP contribution in [0.5, 0.6) is 0 Å². The second-order valence-corrected chi connectivity index (χ2v) is 10.5. The van der Waals surface area contributed by atoms with Crippen LogP contribution < -0.4 is 10.6 Å². The van der Waals surface area contributed by atoms with E-state index in [9.17, 15) is 8.42 Å². The highest BCUT2D eigenvalue weighted by molar-refractivity contribution is 7.91. The van der Waals surface area contributed by atoms with Gasteiger partial charge in [-0.1, -0.05) is 12.8 Å². The van der Waals surface area contributed by atoms with Gasteiger partial charge in [-0.3, -0.25) is 4.99 Å². The van der Waals surface area contributed by atoms with E-state index in [0.717, 1.165) is 30.3 Å². The number of thiophene rings is 1. The van der Waals surface area contributed by atoms with E-state index in [1.807, 2.05) is 6.07 Å². The molecule has 1 fully saturated rings. The lowest BCUT2D eigenvalue weighted by molar-refractivity contribution is 0.282. The molecular formula is C18H33N5O2S2. The number of guanidine groups is 1. The number of likely N-dealkylation sites (tertiary alicyclic amines) is 1. The van der Waals surface area contributed by atoms with Crippen molar-refractivity contribution in [1.82, 2.24) is 19.8 Å². The zero-order valence-corrected chi connectivity index (χ0v) is 18.3. The van der Waals surface area contributed by atoms with Gasteiger partial charge in [-0.2, -0.15) is 0 Å². The van der Waals surface area contributed by atoms with Gasteiger partial charge in [0.05, 0.1) is 6.54 Å². The Kier molecular flexibility index (Phi) is 9.01. The molecule has 0 aromatic carbocycles. The zero-order chi connectivity index (χ0) is 19.7. The van der Waals surface area contributed by atoms with Crippen LogP contribution in [0.3, 0.4) is 0 Å². The summed E-state index contributed by atoms with van der Waals surface area (Å²) in [5.41, 5.74) is 0. The number of nitrogens with zero attached hydrogens (tertiary/aromatic N) is 3. The highest BCUT2D eigenvalue weighted by atomic mass is 32.2. The summed E-state index contributed by atoms with van der Waals surface area (Å²) in [6.07, 6.45) is 6.47.